The third-order valence-electron chi connectivity index (χ3n) is 5.00. The van der Waals surface area contributed by atoms with Crippen molar-refractivity contribution in [3.8, 4) is 0 Å². The Kier molecular flexibility index (Phi) is 7.71. The van der Waals surface area contributed by atoms with Crippen LogP contribution < -0.4 is 10.6 Å². The molecule has 1 aliphatic rings. The molecule has 0 bridgehead atoms. The lowest BCUT2D eigenvalue weighted by atomic mass is 9.64. The molecule has 27 heavy (non-hydrogen) atoms. The summed E-state index contributed by atoms with van der Waals surface area (Å²) in [6, 6.07) is 3.51. The molecule has 0 saturated heterocycles. The summed E-state index contributed by atoms with van der Waals surface area (Å²) in [6.07, 6.45) is 5.14. The van der Waals surface area contributed by atoms with Gasteiger partial charge in [-0.2, -0.15) is 0 Å². The van der Waals surface area contributed by atoms with Crippen molar-refractivity contribution in [1.82, 2.24) is 14.9 Å². The first-order chi connectivity index (χ1) is 12.7. The van der Waals surface area contributed by atoms with E-state index in [9.17, 15) is 8.42 Å². The van der Waals surface area contributed by atoms with Crippen LogP contribution in [0.15, 0.2) is 21.3 Å². The van der Waals surface area contributed by atoms with Gasteiger partial charge in [-0.15, -0.1) is 11.3 Å². The maximum absolute atomic E-state index is 12.2. The van der Waals surface area contributed by atoms with E-state index in [4.69, 9.17) is 0 Å². The largest absolute Gasteiger partial charge is 0.357 e. The van der Waals surface area contributed by atoms with Crippen molar-refractivity contribution < 1.29 is 8.42 Å². The van der Waals surface area contributed by atoms with E-state index < -0.39 is 10.0 Å². The lowest BCUT2D eigenvalue weighted by molar-refractivity contribution is 0.104. The van der Waals surface area contributed by atoms with Crippen LogP contribution in [-0.2, 0) is 16.6 Å². The van der Waals surface area contributed by atoms with Crippen LogP contribution in [0.25, 0.3) is 0 Å². The number of thiophene rings is 1. The molecule has 0 spiro atoms. The summed E-state index contributed by atoms with van der Waals surface area (Å²) in [4.78, 5) is 5.60. The molecule has 0 radical (unpaired) electrons. The van der Waals surface area contributed by atoms with Gasteiger partial charge in [0, 0.05) is 32.1 Å². The molecule has 2 rings (SSSR count). The van der Waals surface area contributed by atoms with E-state index >= 15 is 0 Å². The zero-order chi connectivity index (χ0) is 20.1. The zero-order valence-electron chi connectivity index (χ0n) is 17.2. The quantitative estimate of drug-likeness (QED) is 0.480. The van der Waals surface area contributed by atoms with E-state index in [0.29, 0.717) is 22.1 Å². The molecule has 1 saturated carbocycles. The molecule has 0 atom stereocenters. The minimum atomic E-state index is -3.37. The van der Waals surface area contributed by atoms with Crippen LogP contribution in [0.3, 0.4) is 0 Å². The van der Waals surface area contributed by atoms with E-state index in [1.165, 1.54) is 41.3 Å². The first kappa shape index (κ1) is 22.2. The normalized spacial score (nSPS) is 17.2. The second-order valence-corrected chi connectivity index (χ2v) is 11.6. The van der Waals surface area contributed by atoms with Gasteiger partial charge in [0.25, 0.3) is 10.0 Å². The predicted molar refractivity (Wildman–Crippen MR) is 114 cm³/mol. The standard InChI is InChI=1S/C19H34N4O2S2/c1-6-20-18(22-14-19(10-7-11-19)12-15(2)3)21-13-16-8-9-17(26-16)27(24,25)23(4)5/h8-9,15H,6-7,10-14H2,1-5H3,(H2,20,21,22). The Morgan fingerprint density at radius 1 is 1.30 bits per heavy atom. The van der Waals surface area contributed by atoms with Gasteiger partial charge in [-0.05, 0) is 49.7 Å². The van der Waals surface area contributed by atoms with Gasteiger partial charge in [0.05, 0.1) is 6.54 Å². The van der Waals surface area contributed by atoms with Crippen LogP contribution in [0.2, 0.25) is 0 Å². The van der Waals surface area contributed by atoms with E-state index in [1.807, 2.05) is 6.07 Å². The van der Waals surface area contributed by atoms with Crippen molar-refractivity contribution >= 4 is 27.3 Å². The third-order valence-corrected chi connectivity index (χ3v) is 8.35. The number of hydrogen-bond donors (Lipinski definition) is 2. The summed E-state index contributed by atoms with van der Waals surface area (Å²) in [5.41, 5.74) is 0.403. The lowest BCUT2D eigenvalue weighted by Gasteiger charge is -2.43. The molecule has 6 nitrogen and oxygen atoms in total. The molecule has 0 amide bonds. The number of nitrogens with zero attached hydrogens (tertiary/aromatic N) is 2. The van der Waals surface area contributed by atoms with Crippen molar-refractivity contribution in [1.29, 1.82) is 0 Å². The molecule has 1 aromatic rings. The molecular formula is C19H34N4O2S2. The molecule has 2 N–H and O–H groups in total. The van der Waals surface area contributed by atoms with Gasteiger partial charge in [0.15, 0.2) is 5.96 Å². The van der Waals surface area contributed by atoms with Crippen molar-refractivity contribution in [3.63, 3.8) is 0 Å². The summed E-state index contributed by atoms with van der Waals surface area (Å²) >= 11 is 1.28. The summed E-state index contributed by atoms with van der Waals surface area (Å²) in [5.74, 6) is 1.51. The molecular weight excluding hydrogens is 380 g/mol. The Morgan fingerprint density at radius 3 is 2.52 bits per heavy atom. The van der Waals surface area contributed by atoms with Gasteiger partial charge in [-0.25, -0.2) is 17.7 Å². The summed E-state index contributed by atoms with van der Waals surface area (Å²) in [7, 11) is -0.271. The van der Waals surface area contributed by atoms with Crippen LogP contribution in [0.4, 0.5) is 0 Å². The number of hydrogen-bond acceptors (Lipinski definition) is 4. The van der Waals surface area contributed by atoms with Gasteiger partial charge in [0.1, 0.15) is 4.21 Å². The molecule has 0 unspecified atom stereocenters. The van der Waals surface area contributed by atoms with Crippen molar-refractivity contribution in [2.75, 3.05) is 27.2 Å². The molecule has 1 aliphatic carbocycles. The first-order valence-corrected chi connectivity index (χ1v) is 12.0. The minimum absolute atomic E-state index is 0.362. The van der Waals surface area contributed by atoms with Crippen molar-refractivity contribution in [2.45, 2.75) is 57.2 Å². The van der Waals surface area contributed by atoms with E-state index in [0.717, 1.165) is 23.9 Å². The Morgan fingerprint density at radius 2 is 2.00 bits per heavy atom. The fourth-order valence-electron chi connectivity index (χ4n) is 3.53. The Balaban J connectivity index is 2.00. The van der Waals surface area contributed by atoms with Crippen LogP contribution in [0.1, 0.15) is 51.3 Å². The summed E-state index contributed by atoms with van der Waals surface area (Å²) in [5, 5.41) is 6.81. The van der Waals surface area contributed by atoms with Gasteiger partial charge in [0.2, 0.25) is 0 Å². The van der Waals surface area contributed by atoms with Crippen LogP contribution in [0.5, 0.6) is 0 Å². The monoisotopic (exact) mass is 414 g/mol. The summed E-state index contributed by atoms with van der Waals surface area (Å²) < 4.78 is 26.0. The van der Waals surface area contributed by atoms with Gasteiger partial charge < -0.3 is 10.6 Å². The average molecular weight is 415 g/mol. The molecule has 8 heteroatoms. The second kappa shape index (κ2) is 9.39. The maximum Gasteiger partial charge on any atom is 0.252 e. The Bertz CT molecular complexity index is 735. The zero-order valence-corrected chi connectivity index (χ0v) is 18.8. The highest BCUT2D eigenvalue weighted by Gasteiger charge is 2.37. The number of aliphatic imine (C=N–C) groups is 1. The van der Waals surface area contributed by atoms with Crippen LogP contribution >= 0.6 is 11.3 Å². The van der Waals surface area contributed by atoms with Crippen LogP contribution in [0, 0.1) is 11.3 Å². The molecule has 1 fully saturated rings. The number of sulfonamides is 1. The highest BCUT2D eigenvalue weighted by atomic mass is 32.2. The highest BCUT2D eigenvalue weighted by molar-refractivity contribution is 7.91. The minimum Gasteiger partial charge on any atom is -0.357 e. The SMILES string of the molecule is CCNC(=NCc1ccc(S(=O)(=O)N(C)C)s1)NCC1(CC(C)C)CCC1. The van der Waals surface area contributed by atoms with E-state index in [-0.39, 0.29) is 0 Å². The topological polar surface area (TPSA) is 73.8 Å². The second-order valence-electron chi connectivity index (χ2n) is 8.01. The Hall–Kier alpha value is -1.12. The predicted octanol–water partition coefficient (Wildman–Crippen LogP) is 3.27. The average Bonchev–Trinajstić information content (AvgIpc) is 3.03. The fraction of sp³-hybridized carbons (Fsp3) is 0.737. The van der Waals surface area contributed by atoms with Crippen molar-refractivity contribution in [2.24, 2.45) is 16.3 Å². The molecule has 1 heterocycles. The number of nitrogens with one attached hydrogen (secondary N) is 2. The molecule has 0 aromatic carbocycles. The van der Waals surface area contributed by atoms with E-state index in [2.05, 4.69) is 36.4 Å². The molecule has 154 valence electrons. The van der Waals surface area contributed by atoms with Gasteiger partial charge in [-0.3, -0.25) is 0 Å². The third kappa shape index (κ3) is 5.93. The maximum atomic E-state index is 12.2. The molecule has 0 aliphatic heterocycles. The smallest absolute Gasteiger partial charge is 0.252 e. The lowest BCUT2D eigenvalue weighted by Crippen LogP contribution is -2.47. The number of rotatable bonds is 9. The van der Waals surface area contributed by atoms with Crippen LogP contribution in [-0.4, -0.2) is 45.9 Å². The summed E-state index contributed by atoms with van der Waals surface area (Å²) in [6.45, 7) is 8.85. The number of guanidine groups is 1. The highest BCUT2D eigenvalue weighted by Crippen LogP contribution is 2.45. The first-order valence-electron chi connectivity index (χ1n) is 9.72. The van der Waals surface area contributed by atoms with Gasteiger partial charge in [-0.1, -0.05) is 20.3 Å². The van der Waals surface area contributed by atoms with Gasteiger partial charge >= 0.3 is 0 Å². The molecule has 1 aromatic heterocycles. The van der Waals surface area contributed by atoms with Crippen molar-refractivity contribution in [3.05, 3.63) is 17.0 Å². The van der Waals surface area contributed by atoms with E-state index in [1.54, 1.807) is 20.2 Å². The Labute approximate surface area is 168 Å². The fourth-order valence-corrected chi connectivity index (χ4v) is 5.98.